The van der Waals surface area contributed by atoms with Crippen molar-refractivity contribution in [1.29, 1.82) is 5.26 Å². The maximum absolute atomic E-state index is 11.0. The summed E-state index contributed by atoms with van der Waals surface area (Å²) in [5.41, 5.74) is 1.19. The van der Waals surface area contributed by atoms with E-state index in [1.165, 1.54) is 29.5 Å². The van der Waals surface area contributed by atoms with E-state index in [1.54, 1.807) is 18.2 Å². The zero-order valence-corrected chi connectivity index (χ0v) is 15.0. The molecule has 0 aliphatic heterocycles. The van der Waals surface area contributed by atoms with Crippen LogP contribution in [0.1, 0.15) is 10.8 Å². The van der Waals surface area contributed by atoms with Crippen molar-refractivity contribution in [1.82, 2.24) is 4.98 Å². The first-order valence-corrected chi connectivity index (χ1v) is 8.92. The molecule has 0 aliphatic rings. The number of nitriles is 1. The number of hydrogen-bond donors (Lipinski definition) is 1. The highest BCUT2D eigenvalue weighted by molar-refractivity contribution is 7.19. The molecule has 0 saturated heterocycles. The number of furan rings is 1. The number of aromatic hydroxyl groups is 1. The molecule has 0 fully saturated rings. The number of nitro groups is 1. The SMILES string of the molecule is N#C/C(=C/c1ccc(-c2cc([N+](=O)[O-])ccc2O)o1)c1nc2ccccc2s1. The molecule has 0 amide bonds. The number of non-ortho nitro benzene ring substituents is 1. The fourth-order valence-electron chi connectivity index (χ4n) is 2.68. The van der Waals surface area contributed by atoms with E-state index in [0.717, 1.165) is 10.2 Å². The zero-order chi connectivity index (χ0) is 19.7. The smallest absolute Gasteiger partial charge is 0.270 e. The van der Waals surface area contributed by atoms with E-state index in [4.69, 9.17) is 4.42 Å². The van der Waals surface area contributed by atoms with Crippen molar-refractivity contribution in [3.8, 4) is 23.1 Å². The van der Waals surface area contributed by atoms with Gasteiger partial charge in [0.25, 0.3) is 5.69 Å². The van der Waals surface area contributed by atoms with E-state index in [0.29, 0.717) is 16.3 Å². The Morgan fingerprint density at radius 2 is 2.07 bits per heavy atom. The monoisotopic (exact) mass is 389 g/mol. The molecule has 0 atom stereocenters. The maximum atomic E-state index is 11.0. The lowest BCUT2D eigenvalue weighted by molar-refractivity contribution is -0.384. The number of rotatable bonds is 4. The van der Waals surface area contributed by atoms with Crippen molar-refractivity contribution in [2.75, 3.05) is 0 Å². The maximum Gasteiger partial charge on any atom is 0.270 e. The van der Waals surface area contributed by atoms with Gasteiger partial charge in [0, 0.05) is 18.2 Å². The number of benzene rings is 2. The molecule has 4 rings (SSSR count). The van der Waals surface area contributed by atoms with E-state index in [9.17, 15) is 20.5 Å². The molecule has 0 aliphatic carbocycles. The Kier molecular flexibility index (Phi) is 4.35. The first-order chi connectivity index (χ1) is 13.5. The van der Waals surface area contributed by atoms with Crippen molar-refractivity contribution < 1.29 is 14.4 Å². The Labute approximate surface area is 162 Å². The summed E-state index contributed by atoms with van der Waals surface area (Å²) in [5.74, 6) is 0.493. The van der Waals surface area contributed by atoms with E-state index in [1.807, 2.05) is 24.3 Å². The van der Waals surface area contributed by atoms with Gasteiger partial charge < -0.3 is 9.52 Å². The van der Waals surface area contributed by atoms with Crippen LogP contribution in [0.2, 0.25) is 0 Å². The van der Waals surface area contributed by atoms with Gasteiger partial charge in [-0.1, -0.05) is 12.1 Å². The van der Waals surface area contributed by atoms with E-state index < -0.39 is 4.92 Å². The van der Waals surface area contributed by atoms with Gasteiger partial charge in [-0.2, -0.15) is 5.26 Å². The predicted molar refractivity (Wildman–Crippen MR) is 106 cm³/mol. The number of phenolic OH excluding ortho intramolecular Hbond substituents is 1. The average Bonchev–Trinajstić information content (AvgIpc) is 3.33. The third-order valence-corrected chi connectivity index (χ3v) is 5.08. The summed E-state index contributed by atoms with van der Waals surface area (Å²) in [5, 5.41) is 31.1. The van der Waals surface area contributed by atoms with Crippen molar-refractivity contribution >= 4 is 38.9 Å². The Bertz CT molecular complexity index is 1250. The number of thiazole rings is 1. The van der Waals surface area contributed by atoms with E-state index in [2.05, 4.69) is 11.1 Å². The Morgan fingerprint density at radius 1 is 1.25 bits per heavy atom. The van der Waals surface area contributed by atoms with Gasteiger partial charge in [-0.25, -0.2) is 4.98 Å². The molecular formula is C20H11N3O4S. The van der Waals surface area contributed by atoms with Crippen LogP contribution in [-0.2, 0) is 0 Å². The van der Waals surface area contributed by atoms with Crippen molar-refractivity contribution in [3.63, 3.8) is 0 Å². The van der Waals surface area contributed by atoms with Crippen LogP contribution in [0.25, 0.3) is 33.2 Å². The van der Waals surface area contributed by atoms with Crippen LogP contribution >= 0.6 is 11.3 Å². The number of aromatic nitrogens is 1. The minimum absolute atomic E-state index is 0.137. The molecule has 28 heavy (non-hydrogen) atoms. The summed E-state index contributed by atoms with van der Waals surface area (Å²) in [6.45, 7) is 0. The van der Waals surface area contributed by atoms with Gasteiger partial charge in [0.1, 0.15) is 28.3 Å². The van der Waals surface area contributed by atoms with Gasteiger partial charge >= 0.3 is 0 Å². The van der Waals surface area contributed by atoms with E-state index >= 15 is 0 Å². The van der Waals surface area contributed by atoms with Crippen LogP contribution in [0.3, 0.4) is 0 Å². The lowest BCUT2D eigenvalue weighted by Gasteiger charge is -2.01. The minimum Gasteiger partial charge on any atom is -0.507 e. The molecule has 136 valence electrons. The van der Waals surface area contributed by atoms with Gasteiger partial charge in [-0.3, -0.25) is 10.1 Å². The van der Waals surface area contributed by atoms with Crippen LogP contribution < -0.4 is 0 Å². The highest BCUT2D eigenvalue weighted by Gasteiger charge is 2.15. The van der Waals surface area contributed by atoms with Gasteiger partial charge in [-0.05, 0) is 30.3 Å². The zero-order valence-electron chi connectivity index (χ0n) is 14.2. The molecule has 0 radical (unpaired) electrons. The normalized spacial score (nSPS) is 11.5. The number of nitro benzene ring substituents is 1. The van der Waals surface area contributed by atoms with Crippen LogP contribution in [0, 0.1) is 21.4 Å². The molecule has 1 N–H and O–H groups in total. The quantitative estimate of drug-likeness (QED) is 0.290. The van der Waals surface area contributed by atoms with Crippen LogP contribution in [0.15, 0.2) is 59.0 Å². The predicted octanol–water partition coefficient (Wildman–Crippen LogP) is 5.23. The standard InChI is InChI=1S/C20H11N3O4S/c21-11-12(20-22-16-3-1-2-4-19(16)28-20)9-14-6-8-18(27-14)15-10-13(23(25)26)5-7-17(15)24/h1-10,24H/b12-9-. The number of phenols is 1. The second kappa shape index (κ2) is 6.98. The Hall–Kier alpha value is -3.96. The fourth-order valence-corrected chi connectivity index (χ4v) is 3.61. The lowest BCUT2D eigenvalue weighted by atomic mass is 10.1. The average molecular weight is 389 g/mol. The molecule has 8 heteroatoms. The van der Waals surface area contributed by atoms with Gasteiger partial charge in [0.15, 0.2) is 0 Å². The van der Waals surface area contributed by atoms with E-state index in [-0.39, 0.29) is 22.8 Å². The molecule has 2 aromatic carbocycles. The molecule has 0 saturated carbocycles. The summed E-state index contributed by atoms with van der Waals surface area (Å²) in [6, 6.07) is 16.6. The number of nitrogens with zero attached hydrogens (tertiary/aromatic N) is 3. The summed E-state index contributed by atoms with van der Waals surface area (Å²) in [4.78, 5) is 14.9. The minimum atomic E-state index is -0.548. The van der Waals surface area contributed by atoms with Gasteiger partial charge in [0.05, 0.1) is 26.3 Å². The topological polar surface area (TPSA) is 113 Å². The Balaban J connectivity index is 1.71. The summed E-state index contributed by atoms with van der Waals surface area (Å²) in [6.07, 6.45) is 1.55. The Morgan fingerprint density at radius 3 is 2.82 bits per heavy atom. The second-order valence-electron chi connectivity index (χ2n) is 5.82. The fraction of sp³-hybridized carbons (Fsp3) is 0. The largest absolute Gasteiger partial charge is 0.507 e. The van der Waals surface area contributed by atoms with Crippen molar-refractivity contribution in [2.45, 2.75) is 0 Å². The number of fused-ring (bicyclic) bond motifs is 1. The summed E-state index contributed by atoms with van der Waals surface area (Å²) in [7, 11) is 0. The highest BCUT2D eigenvalue weighted by Crippen LogP contribution is 2.35. The molecule has 2 heterocycles. The van der Waals surface area contributed by atoms with Crippen LogP contribution in [0.5, 0.6) is 5.75 Å². The lowest BCUT2D eigenvalue weighted by Crippen LogP contribution is -1.88. The number of allylic oxidation sites excluding steroid dienone is 1. The summed E-state index contributed by atoms with van der Waals surface area (Å²) < 4.78 is 6.65. The molecule has 0 bridgehead atoms. The first-order valence-electron chi connectivity index (χ1n) is 8.10. The second-order valence-corrected chi connectivity index (χ2v) is 6.85. The van der Waals surface area contributed by atoms with Crippen molar-refractivity contribution in [3.05, 3.63) is 75.5 Å². The first kappa shape index (κ1) is 17.5. The van der Waals surface area contributed by atoms with Crippen LogP contribution in [-0.4, -0.2) is 15.0 Å². The van der Waals surface area contributed by atoms with Gasteiger partial charge in [-0.15, -0.1) is 11.3 Å². The third kappa shape index (κ3) is 3.22. The highest BCUT2D eigenvalue weighted by atomic mass is 32.1. The molecule has 0 spiro atoms. The van der Waals surface area contributed by atoms with Crippen molar-refractivity contribution in [2.24, 2.45) is 0 Å². The van der Waals surface area contributed by atoms with Crippen LogP contribution in [0.4, 0.5) is 5.69 Å². The third-order valence-electron chi connectivity index (χ3n) is 4.01. The number of para-hydroxylation sites is 1. The van der Waals surface area contributed by atoms with Gasteiger partial charge in [0.2, 0.25) is 0 Å². The molecule has 7 nitrogen and oxygen atoms in total. The molecule has 0 unspecified atom stereocenters. The summed E-state index contributed by atoms with van der Waals surface area (Å²) >= 11 is 1.40. The number of hydrogen-bond acceptors (Lipinski definition) is 7. The molecule has 2 aromatic heterocycles. The molecular weight excluding hydrogens is 378 g/mol. The molecule has 4 aromatic rings.